The van der Waals surface area contributed by atoms with E-state index in [9.17, 15) is 24.0 Å². The number of thiol groups is 1. The molecule has 170 valence electrons. The van der Waals surface area contributed by atoms with E-state index in [2.05, 4.69) is 33.6 Å². The first-order valence-corrected chi connectivity index (χ1v) is 9.35. The monoisotopic (exact) mass is 449 g/mol. The number of rotatable bonds is 14. The van der Waals surface area contributed by atoms with Gasteiger partial charge in [0.2, 0.25) is 17.7 Å². The number of aliphatic carboxylic acids is 2. The first kappa shape index (κ1) is 26.9. The summed E-state index contributed by atoms with van der Waals surface area (Å²) in [6.07, 6.45) is -0.439. The second-order valence-corrected chi connectivity index (χ2v) is 6.44. The zero-order chi connectivity index (χ0) is 23.3. The molecule has 11 N–H and O–H groups in total. The van der Waals surface area contributed by atoms with Gasteiger partial charge in [-0.1, -0.05) is 0 Å². The number of nitrogens with one attached hydrogen (secondary N) is 3. The predicted molar refractivity (Wildman–Crippen MR) is 108 cm³/mol. The Hall–Kier alpha value is -3.07. The summed E-state index contributed by atoms with van der Waals surface area (Å²) in [4.78, 5) is 61.7. The number of nitrogens with two attached hydrogens (primary N) is 3. The summed E-state index contributed by atoms with van der Waals surface area (Å²) < 4.78 is 0. The molecular formula is C15H27N7O7S. The molecule has 0 heterocycles. The number of hydrogen-bond donors (Lipinski definition) is 9. The van der Waals surface area contributed by atoms with Crippen molar-refractivity contribution in [2.75, 3.05) is 18.8 Å². The number of carbonyl (C=O) groups excluding carboxylic acids is 3. The van der Waals surface area contributed by atoms with Gasteiger partial charge in [0.15, 0.2) is 5.96 Å². The average Bonchev–Trinajstić information content (AvgIpc) is 2.66. The molecule has 3 amide bonds. The first-order valence-electron chi connectivity index (χ1n) is 8.71. The van der Waals surface area contributed by atoms with Crippen molar-refractivity contribution in [3.63, 3.8) is 0 Å². The molecule has 30 heavy (non-hydrogen) atoms. The van der Waals surface area contributed by atoms with E-state index in [1.165, 1.54) is 0 Å². The molecule has 0 rings (SSSR count). The quantitative estimate of drug-likeness (QED) is 0.0536. The normalized spacial score (nSPS) is 13.3. The summed E-state index contributed by atoms with van der Waals surface area (Å²) in [6.45, 7) is -0.467. The van der Waals surface area contributed by atoms with E-state index in [0.717, 1.165) is 0 Å². The van der Waals surface area contributed by atoms with Crippen molar-refractivity contribution >= 4 is 48.2 Å². The molecule has 0 fully saturated rings. The Bertz CT molecular complexity index is 670. The third-order valence-corrected chi connectivity index (χ3v) is 3.94. The third-order valence-electron chi connectivity index (χ3n) is 3.55. The molecule has 0 radical (unpaired) electrons. The standard InChI is InChI=1S/C15H27N7O7S/c16-7(6-30)12(26)22-9(4-11(24)25)13(27)20-5-10(23)21-8(14(28)29)2-1-3-19-15(17)18/h7-9,30H,1-6,16H2,(H,20,27)(H,21,23)(H,22,26)(H,24,25)(H,28,29)(H4,17,18,19). The van der Waals surface area contributed by atoms with E-state index in [1.54, 1.807) is 0 Å². The molecule has 0 aromatic heterocycles. The van der Waals surface area contributed by atoms with Crippen molar-refractivity contribution in [2.45, 2.75) is 37.4 Å². The molecule has 0 aliphatic rings. The van der Waals surface area contributed by atoms with Gasteiger partial charge in [0.25, 0.3) is 0 Å². The average molecular weight is 449 g/mol. The van der Waals surface area contributed by atoms with Gasteiger partial charge in [-0.25, -0.2) is 4.79 Å². The van der Waals surface area contributed by atoms with Gasteiger partial charge in [-0.15, -0.1) is 0 Å². The van der Waals surface area contributed by atoms with Crippen LogP contribution in [0.4, 0.5) is 0 Å². The van der Waals surface area contributed by atoms with Gasteiger partial charge >= 0.3 is 11.9 Å². The van der Waals surface area contributed by atoms with Crippen LogP contribution >= 0.6 is 12.6 Å². The molecule has 0 aliphatic carbocycles. The van der Waals surface area contributed by atoms with E-state index in [-0.39, 0.29) is 31.1 Å². The van der Waals surface area contributed by atoms with Gasteiger partial charge in [-0.2, -0.15) is 12.6 Å². The molecule has 0 saturated heterocycles. The van der Waals surface area contributed by atoms with Crippen LogP contribution in [0.15, 0.2) is 4.99 Å². The Kier molecular flexibility index (Phi) is 12.6. The van der Waals surface area contributed by atoms with E-state index in [4.69, 9.17) is 27.4 Å². The first-order chi connectivity index (χ1) is 14.0. The zero-order valence-electron chi connectivity index (χ0n) is 16.0. The highest BCUT2D eigenvalue weighted by Crippen LogP contribution is 1.99. The fraction of sp³-hybridized carbons (Fsp3) is 0.600. The van der Waals surface area contributed by atoms with Crippen molar-refractivity contribution in [2.24, 2.45) is 22.2 Å². The van der Waals surface area contributed by atoms with E-state index >= 15 is 0 Å². The third kappa shape index (κ3) is 11.7. The molecule has 0 aliphatic heterocycles. The van der Waals surface area contributed by atoms with Crippen LogP contribution < -0.4 is 33.2 Å². The Labute approximate surface area is 177 Å². The van der Waals surface area contributed by atoms with Crippen LogP contribution in [0.5, 0.6) is 0 Å². The molecule has 0 spiro atoms. The molecule has 3 atom stereocenters. The number of carboxylic acid groups (broad SMARTS) is 2. The van der Waals surface area contributed by atoms with Crippen molar-refractivity contribution in [3.05, 3.63) is 0 Å². The lowest BCUT2D eigenvalue weighted by molar-refractivity contribution is -0.142. The molecule has 3 unspecified atom stereocenters. The van der Waals surface area contributed by atoms with Crippen LogP contribution in [0, 0.1) is 0 Å². The highest BCUT2D eigenvalue weighted by atomic mass is 32.1. The minimum absolute atomic E-state index is 0.0323. The maximum absolute atomic E-state index is 12.1. The maximum Gasteiger partial charge on any atom is 0.326 e. The van der Waals surface area contributed by atoms with Gasteiger partial charge in [-0.05, 0) is 12.8 Å². The Morgan fingerprint density at radius 1 is 1.00 bits per heavy atom. The highest BCUT2D eigenvalue weighted by Gasteiger charge is 2.26. The Morgan fingerprint density at radius 2 is 1.63 bits per heavy atom. The van der Waals surface area contributed by atoms with Crippen LogP contribution in [0.1, 0.15) is 19.3 Å². The summed E-state index contributed by atoms with van der Waals surface area (Å²) in [7, 11) is 0. The van der Waals surface area contributed by atoms with Crippen LogP contribution in [0.2, 0.25) is 0 Å². The summed E-state index contributed by atoms with van der Waals surface area (Å²) in [5.41, 5.74) is 15.8. The number of guanidine groups is 1. The van der Waals surface area contributed by atoms with Crippen molar-refractivity contribution in [1.29, 1.82) is 0 Å². The van der Waals surface area contributed by atoms with Gasteiger partial charge in [-0.3, -0.25) is 24.2 Å². The molecule has 0 aromatic rings. The van der Waals surface area contributed by atoms with Crippen LogP contribution in [0.25, 0.3) is 0 Å². The summed E-state index contributed by atoms with van der Waals surface area (Å²) in [6, 6.07) is -3.79. The van der Waals surface area contributed by atoms with Crippen LogP contribution in [0.3, 0.4) is 0 Å². The number of aliphatic imine (C=N–C) groups is 1. The lowest BCUT2D eigenvalue weighted by Gasteiger charge is -2.19. The number of hydrogen-bond acceptors (Lipinski definition) is 8. The number of carbonyl (C=O) groups is 5. The topological polar surface area (TPSA) is 252 Å². The molecule has 0 bridgehead atoms. The van der Waals surface area contributed by atoms with Gasteiger partial charge in [0, 0.05) is 12.3 Å². The van der Waals surface area contributed by atoms with Gasteiger partial charge in [0.1, 0.15) is 12.1 Å². The van der Waals surface area contributed by atoms with E-state index in [1.807, 2.05) is 0 Å². The Morgan fingerprint density at radius 3 is 2.13 bits per heavy atom. The fourth-order valence-electron chi connectivity index (χ4n) is 2.04. The van der Waals surface area contributed by atoms with Gasteiger partial charge in [0.05, 0.1) is 19.0 Å². The summed E-state index contributed by atoms with van der Waals surface area (Å²) >= 11 is 3.83. The van der Waals surface area contributed by atoms with E-state index in [0.29, 0.717) is 0 Å². The molecule has 15 heteroatoms. The van der Waals surface area contributed by atoms with Crippen molar-refractivity contribution < 1.29 is 34.2 Å². The smallest absolute Gasteiger partial charge is 0.326 e. The molecule has 0 aromatic carbocycles. The minimum atomic E-state index is -1.48. The highest BCUT2D eigenvalue weighted by molar-refractivity contribution is 7.80. The zero-order valence-corrected chi connectivity index (χ0v) is 16.9. The lowest BCUT2D eigenvalue weighted by atomic mass is 10.1. The van der Waals surface area contributed by atoms with Crippen molar-refractivity contribution in [3.8, 4) is 0 Å². The van der Waals surface area contributed by atoms with Crippen LogP contribution in [-0.2, 0) is 24.0 Å². The Balaban J connectivity index is 4.74. The number of amides is 3. The van der Waals surface area contributed by atoms with Crippen LogP contribution in [-0.4, -0.2) is 82.8 Å². The lowest BCUT2D eigenvalue weighted by Crippen LogP contribution is -2.54. The second-order valence-electron chi connectivity index (χ2n) is 6.07. The largest absolute Gasteiger partial charge is 0.481 e. The number of carboxylic acids is 2. The predicted octanol–water partition coefficient (Wildman–Crippen LogP) is -4.06. The summed E-state index contributed by atoms with van der Waals surface area (Å²) in [5.74, 6) is -5.41. The summed E-state index contributed by atoms with van der Waals surface area (Å²) in [5, 5.41) is 24.6. The SMILES string of the molecule is NC(N)=NCCCC(NC(=O)CNC(=O)C(CC(=O)O)NC(=O)C(N)CS)C(=O)O. The fourth-order valence-corrected chi connectivity index (χ4v) is 2.21. The van der Waals surface area contributed by atoms with Crippen molar-refractivity contribution in [1.82, 2.24) is 16.0 Å². The van der Waals surface area contributed by atoms with E-state index < -0.39 is 60.8 Å². The molecule has 0 saturated carbocycles. The minimum Gasteiger partial charge on any atom is -0.481 e. The van der Waals surface area contributed by atoms with Gasteiger partial charge < -0.3 is 43.4 Å². The molecular weight excluding hydrogens is 422 g/mol. The second kappa shape index (κ2) is 14.0. The maximum atomic E-state index is 12.1. The number of nitrogens with zero attached hydrogens (tertiary/aromatic N) is 1. The molecule has 14 nitrogen and oxygen atoms in total.